The van der Waals surface area contributed by atoms with Crippen molar-refractivity contribution in [1.82, 2.24) is 9.88 Å². The summed E-state index contributed by atoms with van der Waals surface area (Å²) in [5.41, 5.74) is 13.9. The number of aromatic nitrogens is 1. The first-order valence-electron chi connectivity index (χ1n) is 15.9. The minimum Gasteiger partial charge on any atom is -0.357 e. The van der Waals surface area contributed by atoms with Crippen molar-refractivity contribution in [3.05, 3.63) is 79.4 Å². The third-order valence-corrected chi connectivity index (χ3v) is 9.16. The van der Waals surface area contributed by atoms with E-state index in [1.807, 2.05) is 6.08 Å². The van der Waals surface area contributed by atoms with Gasteiger partial charge in [0, 0.05) is 59.1 Å². The fourth-order valence-corrected chi connectivity index (χ4v) is 7.32. The number of allylic oxidation sites excluding steroid dienone is 5. The predicted molar refractivity (Wildman–Crippen MR) is 172 cm³/mol. The number of likely N-dealkylation sites (N-methyl/N-ethyl adjacent to an activating group) is 1. The van der Waals surface area contributed by atoms with Gasteiger partial charge in [-0.15, -0.1) is 0 Å². The maximum absolute atomic E-state index is 14.0. The summed E-state index contributed by atoms with van der Waals surface area (Å²) in [6, 6.07) is -0.347. The summed E-state index contributed by atoms with van der Waals surface area (Å²) in [5, 5.41) is 2.36. The van der Waals surface area contributed by atoms with Crippen molar-refractivity contribution < 1.29 is 24.3 Å². The van der Waals surface area contributed by atoms with E-state index < -0.39 is 0 Å². The molecule has 1 atom stereocenters. The van der Waals surface area contributed by atoms with Gasteiger partial charge in [-0.2, -0.15) is 0 Å². The first kappa shape index (κ1) is 32.1. The van der Waals surface area contributed by atoms with Gasteiger partial charge in [0.25, 0.3) is 0 Å². The molecule has 0 spiro atoms. The van der Waals surface area contributed by atoms with E-state index in [0.29, 0.717) is 6.42 Å². The molecule has 4 aliphatic heterocycles. The smallest absolute Gasteiger partial charge is 0.187 e. The summed E-state index contributed by atoms with van der Waals surface area (Å²) >= 11 is 0. The van der Waals surface area contributed by atoms with Gasteiger partial charge in [-0.3, -0.25) is 4.79 Å². The molecule has 0 saturated carbocycles. The fraction of sp³-hybridized carbons (Fsp3) is 0.472. The van der Waals surface area contributed by atoms with Crippen LogP contribution in [0.5, 0.6) is 0 Å². The molecule has 5 rings (SSSR count). The molecule has 0 aliphatic carbocycles. The van der Waals surface area contributed by atoms with Crippen molar-refractivity contribution >= 4 is 28.9 Å². The number of nitrogens with one attached hydrogen (secondary N) is 1. The van der Waals surface area contributed by atoms with Crippen LogP contribution >= 0.6 is 0 Å². The van der Waals surface area contributed by atoms with E-state index in [0.717, 1.165) is 84.5 Å². The maximum atomic E-state index is 14.0. The molecule has 0 radical (unpaired) electrons. The molecule has 4 aliphatic rings. The van der Waals surface area contributed by atoms with Crippen LogP contribution in [0, 0.1) is 0 Å². The molecule has 1 aromatic rings. The van der Waals surface area contributed by atoms with Crippen LogP contribution in [-0.2, 0) is 37.1 Å². The zero-order valence-corrected chi connectivity index (χ0v) is 30.0. The molecule has 0 saturated heterocycles. The average Bonchev–Trinajstić information content (AvgIpc) is 3.73. The van der Waals surface area contributed by atoms with Gasteiger partial charge in [0.2, 0.25) is 0 Å². The number of nitrogens with zero attached hydrogens (tertiary/aromatic N) is 3. The number of carbonyl (C=O) groups is 1. The van der Waals surface area contributed by atoms with E-state index in [4.69, 9.17) is 9.98 Å². The van der Waals surface area contributed by atoms with E-state index in [-0.39, 0.29) is 31.3 Å². The molecule has 5 heterocycles. The number of Topliss-reactive ketones (excluding diaryl/α,β-unsaturated/α-hetero) is 1. The van der Waals surface area contributed by atoms with E-state index in [9.17, 15) is 4.79 Å². The number of carbonyl (C=O) groups excluding carboxylic acids is 1. The third-order valence-electron chi connectivity index (χ3n) is 9.16. The number of hydrogen-bond donors (Lipinski definition) is 1. The Morgan fingerprint density at radius 2 is 1.38 bits per heavy atom. The Morgan fingerprint density at radius 1 is 0.738 bits per heavy atom. The first-order chi connectivity index (χ1) is 19.9. The average molecular weight is 616 g/mol. The molecule has 0 amide bonds. The minimum atomic E-state index is -0.347. The summed E-state index contributed by atoms with van der Waals surface area (Å²) in [6.07, 6.45) is 14.5. The second-order valence-electron chi connectivity index (χ2n) is 11.1. The molecular formula is C36H46N4OZn. The van der Waals surface area contributed by atoms with Crippen LogP contribution < -0.4 is 10.7 Å². The molecule has 0 aromatic carbocycles. The number of H-pyrrole nitrogens is 1. The van der Waals surface area contributed by atoms with Crippen LogP contribution in [0.15, 0.2) is 67.6 Å². The van der Waals surface area contributed by atoms with Gasteiger partial charge in [-0.05, 0) is 98.4 Å². The molecule has 1 aromatic heterocycles. The maximum Gasteiger partial charge on any atom is 0.187 e. The number of hydrogen-bond acceptors (Lipinski definition) is 4. The van der Waals surface area contributed by atoms with E-state index in [2.05, 4.69) is 83.5 Å². The van der Waals surface area contributed by atoms with Gasteiger partial charge >= 0.3 is 0 Å². The third kappa shape index (κ3) is 5.04. The normalized spacial score (nSPS) is 20.0. The summed E-state index contributed by atoms with van der Waals surface area (Å²) < 4.78 is 0. The van der Waals surface area contributed by atoms with Crippen LogP contribution in [-0.4, -0.2) is 39.7 Å². The largest absolute Gasteiger partial charge is 0.357 e. The topological polar surface area (TPSA) is 60.8 Å². The summed E-state index contributed by atoms with van der Waals surface area (Å²) in [4.78, 5) is 30.6. The predicted octanol–water partition coefficient (Wildman–Crippen LogP) is 6.56. The minimum absolute atomic E-state index is 0. The van der Waals surface area contributed by atoms with Crippen LogP contribution in [0.25, 0.3) is 11.6 Å². The van der Waals surface area contributed by atoms with Crippen molar-refractivity contribution in [3.63, 3.8) is 0 Å². The number of fused-ring (bicyclic) bond motifs is 6. The Labute approximate surface area is 264 Å². The quantitative estimate of drug-likeness (QED) is 0.337. The monoisotopic (exact) mass is 614 g/mol. The molecule has 218 valence electrons. The molecule has 1 unspecified atom stereocenters. The molecular weight excluding hydrogens is 570 g/mol. The fourth-order valence-electron chi connectivity index (χ4n) is 7.32. The zero-order valence-electron chi connectivity index (χ0n) is 27.0. The molecule has 8 bridgehead atoms. The molecule has 42 heavy (non-hydrogen) atoms. The number of ketones is 1. The van der Waals surface area contributed by atoms with Crippen LogP contribution in [0.2, 0.25) is 0 Å². The van der Waals surface area contributed by atoms with E-state index in [1.165, 1.54) is 38.8 Å². The molecule has 6 heteroatoms. The van der Waals surface area contributed by atoms with Crippen molar-refractivity contribution in [3.8, 4) is 0 Å². The second kappa shape index (κ2) is 13.2. The van der Waals surface area contributed by atoms with Gasteiger partial charge in [-0.25, -0.2) is 9.98 Å². The summed E-state index contributed by atoms with van der Waals surface area (Å²) in [6.45, 7) is 18.5. The van der Waals surface area contributed by atoms with Crippen LogP contribution in [0.3, 0.4) is 0 Å². The molecule has 0 fully saturated rings. The summed E-state index contributed by atoms with van der Waals surface area (Å²) in [7, 11) is 0. The van der Waals surface area contributed by atoms with Gasteiger partial charge in [0.05, 0.1) is 22.8 Å². The first-order valence-corrected chi connectivity index (χ1v) is 15.9. The van der Waals surface area contributed by atoms with Crippen molar-refractivity contribution in [1.29, 1.82) is 0 Å². The number of aliphatic imine (C=N–C) groups is 2. The Hall–Kier alpha value is -2.85. The Balaban J connectivity index is 0.00000405. The Kier molecular flexibility index (Phi) is 10.1. The molecule has 1 N–H and O–H groups in total. The van der Waals surface area contributed by atoms with Crippen LogP contribution in [0.1, 0.15) is 98.6 Å². The van der Waals surface area contributed by atoms with E-state index in [1.54, 1.807) is 0 Å². The second-order valence-corrected chi connectivity index (χ2v) is 11.1. The van der Waals surface area contributed by atoms with Crippen molar-refractivity contribution in [2.24, 2.45) is 9.98 Å². The Morgan fingerprint density at radius 3 is 1.95 bits per heavy atom. The van der Waals surface area contributed by atoms with Crippen molar-refractivity contribution in [2.75, 3.05) is 6.54 Å². The van der Waals surface area contributed by atoms with Gasteiger partial charge in [0.15, 0.2) is 5.78 Å². The van der Waals surface area contributed by atoms with Gasteiger partial charge in [0.1, 0.15) is 6.04 Å². The number of aromatic amines is 1. The number of rotatable bonds is 8. The van der Waals surface area contributed by atoms with Gasteiger partial charge < -0.3 is 9.88 Å². The Bertz CT molecular complexity index is 1640. The molecule has 5 nitrogen and oxygen atoms in total. The van der Waals surface area contributed by atoms with Gasteiger partial charge in [-0.1, -0.05) is 48.5 Å². The van der Waals surface area contributed by atoms with Crippen molar-refractivity contribution in [2.45, 2.75) is 106 Å². The van der Waals surface area contributed by atoms with E-state index >= 15 is 0 Å². The van der Waals surface area contributed by atoms with Crippen LogP contribution in [0.4, 0.5) is 0 Å². The zero-order chi connectivity index (χ0) is 29.4. The summed E-state index contributed by atoms with van der Waals surface area (Å²) in [5.74, 6) is 0.198. The SMILES string of the molecule is CCC1=C(CC)C2=C(CC)C3=C(CC)C(=O)C(C=C4C=CC(=N4)C=c4[nH]c(c(CC)c4CC)=C(CC)C1=N2)N3CC.[Zn]. The standard InChI is InChI=1S/C36H46N4O.Zn/c1-9-23-24(10-2)32-27(13-5)33-25(11-3)26(12-4)34(39-33)28(14-6)35-29(15-7)36(41)31(40(35)16-8)20-22-18-17-21(37-22)19-30(23)38-32;/h17-20,31,38H,9-16H2,1-8H3;.